The lowest BCUT2D eigenvalue weighted by molar-refractivity contribution is -0.135. The summed E-state index contributed by atoms with van der Waals surface area (Å²) >= 11 is 0. The van der Waals surface area contributed by atoms with Crippen LogP contribution in [0.15, 0.2) is 18.2 Å². The maximum Gasteiger partial charge on any atom is 0.315 e. The standard InChI is InChI=1S/C12H16N2O3/c1-4-8-5-6-10(17-3)9(7-8)14(2)12(16)11(13)15/h5-7H,4H2,1-3H3,(H2,13,15). The van der Waals surface area contributed by atoms with Gasteiger partial charge in [0.05, 0.1) is 12.8 Å². The van der Waals surface area contributed by atoms with Crippen molar-refractivity contribution in [3.8, 4) is 5.75 Å². The van der Waals surface area contributed by atoms with Crippen LogP contribution in [-0.2, 0) is 16.0 Å². The van der Waals surface area contributed by atoms with Gasteiger partial charge in [-0.25, -0.2) is 0 Å². The molecule has 0 fully saturated rings. The molecule has 1 rings (SSSR count). The third-order valence-corrected chi connectivity index (χ3v) is 2.53. The summed E-state index contributed by atoms with van der Waals surface area (Å²) in [6, 6.07) is 5.48. The van der Waals surface area contributed by atoms with Crippen molar-refractivity contribution in [2.45, 2.75) is 13.3 Å². The molecule has 2 N–H and O–H groups in total. The molecule has 1 aromatic carbocycles. The van der Waals surface area contributed by atoms with Gasteiger partial charge in [-0.15, -0.1) is 0 Å². The number of benzene rings is 1. The molecule has 0 radical (unpaired) electrons. The maximum atomic E-state index is 11.5. The quantitative estimate of drug-likeness (QED) is 0.785. The topological polar surface area (TPSA) is 72.6 Å². The summed E-state index contributed by atoms with van der Waals surface area (Å²) in [6.07, 6.45) is 0.829. The van der Waals surface area contributed by atoms with E-state index in [1.807, 2.05) is 13.0 Å². The highest BCUT2D eigenvalue weighted by molar-refractivity contribution is 6.39. The van der Waals surface area contributed by atoms with Crippen molar-refractivity contribution >= 4 is 17.5 Å². The summed E-state index contributed by atoms with van der Waals surface area (Å²) < 4.78 is 5.15. The predicted octanol–water partition coefficient (Wildman–Crippen LogP) is 0.706. The number of nitrogens with two attached hydrogens (primary N) is 1. The Morgan fingerprint density at radius 2 is 2.06 bits per heavy atom. The average molecular weight is 236 g/mol. The fourth-order valence-corrected chi connectivity index (χ4v) is 1.49. The van der Waals surface area contributed by atoms with Crippen molar-refractivity contribution in [3.63, 3.8) is 0 Å². The summed E-state index contributed by atoms with van der Waals surface area (Å²) in [5.74, 6) is -1.23. The first-order valence-corrected chi connectivity index (χ1v) is 5.25. The number of carbonyl (C=O) groups excluding carboxylic acids is 2. The van der Waals surface area contributed by atoms with Gasteiger partial charge >= 0.3 is 11.8 Å². The molecule has 0 heterocycles. The van der Waals surface area contributed by atoms with Crippen molar-refractivity contribution in [1.29, 1.82) is 0 Å². The molecule has 92 valence electrons. The molecule has 0 saturated carbocycles. The van der Waals surface area contributed by atoms with E-state index < -0.39 is 11.8 Å². The van der Waals surface area contributed by atoms with Crippen LogP contribution in [0, 0.1) is 0 Å². The second-order valence-corrected chi connectivity index (χ2v) is 3.59. The van der Waals surface area contributed by atoms with Gasteiger partial charge in [-0.05, 0) is 24.1 Å². The van der Waals surface area contributed by atoms with E-state index in [-0.39, 0.29) is 0 Å². The number of carbonyl (C=O) groups is 2. The minimum absolute atomic E-state index is 0.527. The number of ether oxygens (including phenoxy) is 1. The van der Waals surface area contributed by atoms with Gasteiger partial charge in [-0.1, -0.05) is 13.0 Å². The fraction of sp³-hybridized carbons (Fsp3) is 0.333. The molecule has 0 spiro atoms. The van der Waals surface area contributed by atoms with Crippen molar-refractivity contribution < 1.29 is 14.3 Å². The summed E-state index contributed by atoms with van der Waals surface area (Å²) in [5, 5.41) is 0. The van der Waals surface area contributed by atoms with Gasteiger partial charge in [0.1, 0.15) is 5.75 Å². The number of anilines is 1. The number of rotatable bonds is 3. The minimum Gasteiger partial charge on any atom is -0.495 e. The van der Waals surface area contributed by atoms with Crippen LogP contribution in [0.1, 0.15) is 12.5 Å². The molecule has 0 atom stereocenters. The number of likely N-dealkylation sites (N-methyl/N-ethyl adjacent to an activating group) is 1. The third kappa shape index (κ3) is 2.75. The molecule has 2 amide bonds. The molecule has 0 aliphatic heterocycles. The number of amides is 2. The van der Waals surface area contributed by atoms with E-state index in [0.29, 0.717) is 11.4 Å². The normalized spacial score (nSPS) is 9.82. The molecule has 5 heteroatoms. The Kier molecular flexibility index (Phi) is 4.09. The predicted molar refractivity (Wildman–Crippen MR) is 65.0 cm³/mol. The van der Waals surface area contributed by atoms with Crippen LogP contribution in [0.25, 0.3) is 0 Å². The summed E-state index contributed by atoms with van der Waals surface area (Å²) in [7, 11) is 3.00. The molecule has 0 aliphatic rings. The number of hydrogen-bond donors (Lipinski definition) is 1. The third-order valence-electron chi connectivity index (χ3n) is 2.53. The molecule has 1 aromatic rings. The Balaban J connectivity index is 3.18. The zero-order valence-electron chi connectivity index (χ0n) is 10.2. The van der Waals surface area contributed by atoms with E-state index in [1.165, 1.54) is 19.1 Å². The number of nitrogens with zero attached hydrogens (tertiary/aromatic N) is 1. The van der Waals surface area contributed by atoms with Gasteiger partial charge < -0.3 is 15.4 Å². The highest BCUT2D eigenvalue weighted by Crippen LogP contribution is 2.28. The lowest BCUT2D eigenvalue weighted by Gasteiger charge is -2.19. The Morgan fingerprint density at radius 1 is 1.41 bits per heavy atom. The lowest BCUT2D eigenvalue weighted by Crippen LogP contribution is -2.37. The summed E-state index contributed by atoms with van der Waals surface area (Å²) in [4.78, 5) is 23.6. The molecule has 5 nitrogen and oxygen atoms in total. The van der Waals surface area contributed by atoms with E-state index >= 15 is 0 Å². The van der Waals surface area contributed by atoms with Crippen LogP contribution in [-0.4, -0.2) is 26.0 Å². The van der Waals surface area contributed by atoms with E-state index in [1.54, 1.807) is 12.1 Å². The van der Waals surface area contributed by atoms with Gasteiger partial charge in [0.2, 0.25) is 0 Å². The number of hydrogen-bond acceptors (Lipinski definition) is 3. The molecule has 0 unspecified atom stereocenters. The molecule has 0 bridgehead atoms. The molecule has 17 heavy (non-hydrogen) atoms. The smallest absolute Gasteiger partial charge is 0.315 e. The zero-order valence-corrected chi connectivity index (χ0v) is 10.2. The molecule has 0 aliphatic carbocycles. The minimum atomic E-state index is -0.989. The highest BCUT2D eigenvalue weighted by atomic mass is 16.5. The SMILES string of the molecule is CCc1ccc(OC)c(N(C)C(=O)C(N)=O)c1. The first-order valence-electron chi connectivity index (χ1n) is 5.25. The van der Waals surface area contributed by atoms with Gasteiger partial charge in [0, 0.05) is 7.05 Å². The van der Waals surface area contributed by atoms with Crippen LogP contribution in [0.2, 0.25) is 0 Å². The lowest BCUT2D eigenvalue weighted by atomic mass is 10.1. The first kappa shape index (κ1) is 13.0. The van der Waals surface area contributed by atoms with Crippen molar-refractivity contribution in [2.75, 3.05) is 19.1 Å². The van der Waals surface area contributed by atoms with Crippen LogP contribution in [0.3, 0.4) is 0 Å². The number of methoxy groups -OCH3 is 1. The fourth-order valence-electron chi connectivity index (χ4n) is 1.49. The largest absolute Gasteiger partial charge is 0.495 e. The van der Waals surface area contributed by atoms with E-state index in [4.69, 9.17) is 10.5 Å². The highest BCUT2D eigenvalue weighted by Gasteiger charge is 2.19. The number of primary amides is 1. The monoisotopic (exact) mass is 236 g/mol. The summed E-state index contributed by atoms with van der Waals surface area (Å²) in [6.45, 7) is 2.00. The molecule has 0 saturated heterocycles. The second-order valence-electron chi connectivity index (χ2n) is 3.59. The van der Waals surface area contributed by atoms with Gasteiger partial charge in [0.15, 0.2) is 0 Å². The number of aryl methyl sites for hydroxylation is 1. The molecular weight excluding hydrogens is 220 g/mol. The molecule has 0 aromatic heterocycles. The second kappa shape index (κ2) is 5.34. The van der Waals surface area contributed by atoms with Crippen molar-refractivity contribution in [1.82, 2.24) is 0 Å². The van der Waals surface area contributed by atoms with Crippen LogP contribution in [0.5, 0.6) is 5.75 Å². The van der Waals surface area contributed by atoms with Gasteiger partial charge in [-0.3, -0.25) is 9.59 Å². The Morgan fingerprint density at radius 3 is 2.53 bits per heavy atom. The maximum absolute atomic E-state index is 11.5. The van der Waals surface area contributed by atoms with E-state index in [9.17, 15) is 9.59 Å². The van der Waals surface area contributed by atoms with Crippen LogP contribution >= 0.6 is 0 Å². The van der Waals surface area contributed by atoms with Crippen LogP contribution < -0.4 is 15.4 Å². The summed E-state index contributed by atoms with van der Waals surface area (Å²) in [5.41, 5.74) is 6.55. The first-order chi connectivity index (χ1) is 8.01. The van der Waals surface area contributed by atoms with Crippen LogP contribution in [0.4, 0.5) is 5.69 Å². The van der Waals surface area contributed by atoms with Crippen molar-refractivity contribution in [2.24, 2.45) is 5.73 Å². The van der Waals surface area contributed by atoms with Gasteiger partial charge in [0.25, 0.3) is 0 Å². The van der Waals surface area contributed by atoms with E-state index in [0.717, 1.165) is 12.0 Å². The average Bonchev–Trinajstić information content (AvgIpc) is 2.35. The Bertz CT molecular complexity index is 443. The zero-order chi connectivity index (χ0) is 13.0. The Hall–Kier alpha value is -2.04. The Labute approximate surface area is 100 Å². The molecular formula is C12H16N2O3. The van der Waals surface area contributed by atoms with Crippen molar-refractivity contribution in [3.05, 3.63) is 23.8 Å². The van der Waals surface area contributed by atoms with E-state index in [2.05, 4.69) is 0 Å². The van der Waals surface area contributed by atoms with Gasteiger partial charge in [-0.2, -0.15) is 0 Å².